The molecular formula is C30H28N2O. The molecule has 33 heavy (non-hydrogen) atoms. The van der Waals surface area contributed by atoms with Crippen molar-refractivity contribution in [1.82, 2.24) is 10.6 Å². The Kier molecular flexibility index (Phi) is 5.20. The van der Waals surface area contributed by atoms with Crippen LogP contribution in [-0.2, 0) is 13.0 Å². The normalized spacial score (nSPS) is 15.8. The van der Waals surface area contributed by atoms with Gasteiger partial charge in [0.15, 0.2) is 0 Å². The van der Waals surface area contributed by atoms with Crippen molar-refractivity contribution in [3.63, 3.8) is 0 Å². The van der Waals surface area contributed by atoms with E-state index in [4.69, 9.17) is 0 Å². The molecule has 2 N–H and O–H groups in total. The highest BCUT2D eigenvalue weighted by Gasteiger charge is 2.19. The summed E-state index contributed by atoms with van der Waals surface area (Å²) in [4.78, 5) is 12.6. The Morgan fingerprint density at radius 3 is 2.55 bits per heavy atom. The van der Waals surface area contributed by atoms with Gasteiger partial charge in [-0.05, 0) is 74.2 Å². The summed E-state index contributed by atoms with van der Waals surface area (Å²) in [5, 5.41) is 14.5. The number of amides is 1. The molecule has 2 aliphatic rings. The highest BCUT2D eigenvalue weighted by molar-refractivity contribution is 5.94. The fourth-order valence-electron chi connectivity index (χ4n) is 5.42. The molecule has 4 aromatic rings. The van der Waals surface area contributed by atoms with Gasteiger partial charge < -0.3 is 10.6 Å². The van der Waals surface area contributed by atoms with Crippen LogP contribution < -0.4 is 10.6 Å². The summed E-state index contributed by atoms with van der Waals surface area (Å²) < 4.78 is 0. The Labute approximate surface area is 193 Å². The minimum atomic E-state index is 0.0263. The molecule has 1 heterocycles. The summed E-state index contributed by atoms with van der Waals surface area (Å²) in [5.74, 6) is 0.0263. The van der Waals surface area contributed by atoms with E-state index in [-0.39, 0.29) is 5.91 Å². The molecule has 1 aliphatic heterocycles. The predicted octanol–water partition coefficient (Wildman–Crippen LogP) is 5.34. The first kappa shape index (κ1) is 20.2. The Morgan fingerprint density at radius 1 is 0.848 bits per heavy atom. The molecule has 0 radical (unpaired) electrons. The topological polar surface area (TPSA) is 41.1 Å². The fourth-order valence-corrected chi connectivity index (χ4v) is 5.42. The second-order valence-corrected chi connectivity index (χ2v) is 9.26. The average Bonchev–Trinajstić information content (AvgIpc) is 2.86. The van der Waals surface area contributed by atoms with Crippen molar-refractivity contribution >= 4 is 16.7 Å². The van der Waals surface area contributed by atoms with E-state index in [1.165, 1.54) is 42.8 Å². The predicted molar refractivity (Wildman–Crippen MR) is 133 cm³/mol. The van der Waals surface area contributed by atoms with E-state index < -0.39 is 0 Å². The van der Waals surface area contributed by atoms with Gasteiger partial charge >= 0.3 is 0 Å². The second kappa shape index (κ2) is 8.49. The first-order valence-corrected chi connectivity index (χ1v) is 12.0. The first-order valence-electron chi connectivity index (χ1n) is 12.0. The molecule has 1 amide bonds. The Bertz CT molecular complexity index is 1560. The molecular weight excluding hydrogens is 404 g/mol. The summed E-state index contributed by atoms with van der Waals surface area (Å²) in [6, 6.07) is 28.1. The van der Waals surface area contributed by atoms with Gasteiger partial charge in [-0.1, -0.05) is 73.2 Å². The number of nitrogens with one attached hydrogen (secondary N) is 2. The van der Waals surface area contributed by atoms with Crippen LogP contribution in [-0.4, -0.2) is 18.5 Å². The third-order valence-electron chi connectivity index (χ3n) is 7.22. The molecule has 3 nitrogen and oxygen atoms in total. The van der Waals surface area contributed by atoms with Crippen LogP contribution in [0.2, 0.25) is 0 Å². The van der Waals surface area contributed by atoms with Gasteiger partial charge in [0, 0.05) is 24.7 Å². The maximum absolute atomic E-state index is 12.6. The zero-order chi connectivity index (χ0) is 22.2. The quantitative estimate of drug-likeness (QED) is 0.356. The van der Waals surface area contributed by atoms with Crippen molar-refractivity contribution < 1.29 is 4.79 Å². The first-order chi connectivity index (χ1) is 16.3. The van der Waals surface area contributed by atoms with Crippen LogP contribution in [0.25, 0.3) is 10.8 Å². The van der Waals surface area contributed by atoms with Crippen LogP contribution in [0, 0.1) is 20.9 Å². The minimum absolute atomic E-state index is 0.0263. The average molecular weight is 433 g/mol. The zero-order valence-electron chi connectivity index (χ0n) is 18.7. The number of fused-ring (bicyclic) bond motifs is 5. The van der Waals surface area contributed by atoms with Gasteiger partial charge in [0.1, 0.15) is 0 Å². The number of hydrogen-bond donors (Lipinski definition) is 2. The van der Waals surface area contributed by atoms with Crippen LogP contribution in [0.3, 0.4) is 0 Å². The lowest BCUT2D eigenvalue weighted by molar-refractivity contribution is 0.0952. The SMILES string of the molecule is O=C(NCCCCC1Cc2c(ccc3ccccc23)CN1)c1ccc2c(c1)=c1ccccc1=2. The number of unbranched alkanes of at least 4 members (excludes halogenated alkanes) is 1. The summed E-state index contributed by atoms with van der Waals surface area (Å²) in [7, 11) is 0. The lowest BCUT2D eigenvalue weighted by Gasteiger charge is -2.27. The monoisotopic (exact) mass is 432 g/mol. The maximum atomic E-state index is 12.6. The van der Waals surface area contributed by atoms with E-state index in [1.54, 1.807) is 0 Å². The van der Waals surface area contributed by atoms with Crippen molar-refractivity contribution in [3.05, 3.63) is 116 Å². The third-order valence-corrected chi connectivity index (χ3v) is 7.22. The molecule has 0 saturated carbocycles. The second-order valence-electron chi connectivity index (χ2n) is 9.26. The molecule has 0 bridgehead atoms. The lowest BCUT2D eigenvalue weighted by Crippen LogP contribution is -2.35. The van der Waals surface area contributed by atoms with Crippen molar-refractivity contribution in [3.8, 4) is 0 Å². The molecule has 0 saturated heterocycles. The number of benzene rings is 4. The summed E-state index contributed by atoms with van der Waals surface area (Å²) in [6.07, 6.45) is 4.32. The van der Waals surface area contributed by atoms with Crippen LogP contribution in [0.15, 0.2) is 78.9 Å². The third kappa shape index (κ3) is 3.73. The number of hydrogen-bond acceptors (Lipinski definition) is 2. The van der Waals surface area contributed by atoms with Crippen molar-refractivity contribution in [2.24, 2.45) is 0 Å². The van der Waals surface area contributed by atoms with Crippen molar-refractivity contribution in [2.45, 2.75) is 38.3 Å². The van der Waals surface area contributed by atoms with Crippen LogP contribution in [0.5, 0.6) is 0 Å². The largest absolute Gasteiger partial charge is 0.352 e. The van der Waals surface area contributed by atoms with Gasteiger partial charge in [-0.2, -0.15) is 0 Å². The zero-order valence-corrected chi connectivity index (χ0v) is 18.7. The highest BCUT2D eigenvalue weighted by atomic mass is 16.1. The molecule has 1 unspecified atom stereocenters. The summed E-state index contributed by atoms with van der Waals surface area (Å²) in [6.45, 7) is 1.67. The Morgan fingerprint density at radius 2 is 1.64 bits per heavy atom. The molecule has 164 valence electrons. The standard InChI is InChI=1S/C30H28N2O/c33-30(21-14-15-27-25-10-3-4-11-26(25)29(27)17-21)31-16-6-5-8-23-18-28-22(19-32-23)13-12-20-7-1-2-9-24(20)28/h1-4,7,9-15,17,23,32H,5-6,8,16,18-19H2,(H,31,33). The van der Waals surface area contributed by atoms with Gasteiger partial charge in [0.2, 0.25) is 0 Å². The van der Waals surface area contributed by atoms with E-state index in [2.05, 4.69) is 77.4 Å². The minimum Gasteiger partial charge on any atom is -0.352 e. The van der Waals surface area contributed by atoms with Crippen molar-refractivity contribution in [2.75, 3.05) is 6.54 Å². The lowest BCUT2D eigenvalue weighted by atomic mass is 9.89. The fraction of sp³-hybridized carbons (Fsp3) is 0.233. The molecule has 0 spiro atoms. The molecule has 4 aromatic carbocycles. The van der Waals surface area contributed by atoms with Crippen LogP contribution >= 0.6 is 0 Å². The van der Waals surface area contributed by atoms with Gasteiger partial charge in [-0.15, -0.1) is 0 Å². The van der Waals surface area contributed by atoms with Crippen LogP contribution in [0.4, 0.5) is 0 Å². The molecule has 1 aliphatic carbocycles. The van der Waals surface area contributed by atoms with Crippen molar-refractivity contribution in [1.29, 1.82) is 0 Å². The van der Waals surface area contributed by atoms with E-state index in [0.29, 0.717) is 6.04 Å². The molecule has 3 heteroatoms. The maximum Gasteiger partial charge on any atom is 0.251 e. The molecule has 1 atom stereocenters. The van der Waals surface area contributed by atoms with E-state index >= 15 is 0 Å². The van der Waals surface area contributed by atoms with Crippen LogP contribution in [0.1, 0.15) is 40.7 Å². The number of carbonyl (C=O) groups is 1. The van der Waals surface area contributed by atoms with Gasteiger partial charge in [0.05, 0.1) is 0 Å². The highest BCUT2D eigenvalue weighted by Crippen LogP contribution is 2.27. The van der Waals surface area contributed by atoms with Gasteiger partial charge in [-0.25, -0.2) is 0 Å². The molecule has 6 rings (SSSR count). The van der Waals surface area contributed by atoms with E-state index in [1.807, 2.05) is 12.1 Å². The molecule has 0 fully saturated rings. The summed E-state index contributed by atoms with van der Waals surface area (Å²) >= 11 is 0. The number of carbonyl (C=O) groups excluding carboxylic acids is 1. The molecule has 0 aromatic heterocycles. The summed E-state index contributed by atoms with van der Waals surface area (Å²) in [5.41, 5.74) is 3.69. The van der Waals surface area contributed by atoms with Gasteiger partial charge in [-0.3, -0.25) is 4.79 Å². The van der Waals surface area contributed by atoms with Gasteiger partial charge in [0.25, 0.3) is 5.91 Å². The number of rotatable bonds is 6. The Balaban J connectivity index is 1.02. The van der Waals surface area contributed by atoms with E-state index in [0.717, 1.165) is 44.3 Å². The smallest absolute Gasteiger partial charge is 0.251 e. The van der Waals surface area contributed by atoms with E-state index in [9.17, 15) is 4.79 Å². The Hall–Kier alpha value is -3.43.